The standard InChI is InChI=1S/C22H25N3O3S/c1-14(2)12-19(21(27)28-3)23-20(26)16-10-8-15(9-11-16)13-29-22-24-17-6-4-5-7-18(17)25-22/h4-11,14,19H,12-13H2,1-3H3,(H,23,26)(H,24,25). The molecule has 1 heterocycles. The molecule has 0 spiro atoms. The van der Waals surface area contributed by atoms with Gasteiger partial charge in [0.25, 0.3) is 5.91 Å². The van der Waals surface area contributed by atoms with Crippen LogP contribution in [0.5, 0.6) is 0 Å². The first-order valence-electron chi connectivity index (χ1n) is 9.51. The highest BCUT2D eigenvalue weighted by molar-refractivity contribution is 7.98. The number of H-pyrrole nitrogens is 1. The van der Waals surface area contributed by atoms with Crippen LogP contribution in [0.4, 0.5) is 0 Å². The topological polar surface area (TPSA) is 84.1 Å². The van der Waals surface area contributed by atoms with Crippen LogP contribution in [0.1, 0.15) is 36.2 Å². The Kier molecular flexibility index (Phi) is 6.93. The minimum Gasteiger partial charge on any atom is -0.467 e. The summed E-state index contributed by atoms with van der Waals surface area (Å²) in [6.45, 7) is 3.99. The van der Waals surface area contributed by atoms with Gasteiger partial charge in [-0.05, 0) is 42.2 Å². The molecule has 1 amide bonds. The second-order valence-corrected chi connectivity index (χ2v) is 8.19. The van der Waals surface area contributed by atoms with Crippen LogP contribution in [0.25, 0.3) is 11.0 Å². The Morgan fingerprint density at radius 3 is 2.52 bits per heavy atom. The van der Waals surface area contributed by atoms with Crippen molar-refractivity contribution in [3.05, 3.63) is 59.7 Å². The van der Waals surface area contributed by atoms with E-state index < -0.39 is 12.0 Å². The molecule has 0 aliphatic heterocycles. The number of para-hydroxylation sites is 2. The van der Waals surface area contributed by atoms with Crippen molar-refractivity contribution in [3.8, 4) is 0 Å². The van der Waals surface area contributed by atoms with E-state index in [0.717, 1.165) is 27.5 Å². The van der Waals surface area contributed by atoms with Crippen molar-refractivity contribution >= 4 is 34.7 Å². The molecule has 1 unspecified atom stereocenters. The minimum atomic E-state index is -0.643. The van der Waals surface area contributed by atoms with Gasteiger partial charge in [0.15, 0.2) is 5.16 Å². The largest absolute Gasteiger partial charge is 0.467 e. The second-order valence-electron chi connectivity index (χ2n) is 7.22. The van der Waals surface area contributed by atoms with Gasteiger partial charge in [-0.15, -0.1) is 0 Å². The Labute approximate surface area is 174 Å². The first-order valence-corrected chi connectivity index (χ1v) is 10.5. The van der Waals surface area contributed by atoms with E-state index in [1.54, 1.807) is 23.9 Å². The fourth-order valence-corrected chi connectivity index (χ4v) is 3.81. The molecule has 29 heavy (non-hydrogen) atoms. The maximum Gasteiger partial charge on any atom is 0.328 e. The van der Waals surface area contributed by atoms with E-state index in [2.05, 4.69) is 15.3 Å². The summed E-state index contributed by atoms with van der Waals surface area (Å²) in [7, 11) is 1.33. The molecule has 6 nitrogen and oxygen atoms in total. The lowest BCUT2D eigenvalue weighted by Gasteiger charge is -2.18. The summed E-state index contributed by atoms with van der Waals surface area (Å²) < 4.78 is 4.80. The number of methoxy groups -OCH3 is 1. The molecular formula is C22H25N3O3S. The van der Waals surface area contributed by atoms with Crippen molar-refractivity contribution in [2.75, 3.05) is 7.11 Å². The lowest BCUT2D eigenvalue weighted by atomic mass is 10.0. The van der Waals surface area contributed by atoms with E-state index in [-0.39, 0.29) is 11.8 Å². The summed E-state index contributed by atoms with van der Waals surface area (Å²) in [6.07, 6.45) is 0.532. The number of aromatic nitrogens is 2. The Morgan fingerprint density at radius 2 is 1.86 bits per heavy atom. The molecule has 2 aromatic carbocycles. The Balaban J connectivity index is 1.59. The molecule has 0 fully saturated rings. The number of aromatic amines is 1. The van der Waals surface area contributed by atoms with Crippen molar-refractivity contribution in [2.24, 2.45) is 5.92 Å². The van der Waals surface area contributed by atoms with Crippen LogP contribution in [0.3, 0.4) is 0 Å². The van der Waals surface area contributed by atoms with Crippen LogP contribution in [-0.4, -0.2) is 35.0 Å². The van der Waals surface area contributed by atoms with E-state index >= 15 is 0 Å². The van der Waals surface area contributed by atoms with Crippen LogP contribution < -0.4 is 5.32 Å². The SMILES string of the molecule is COC(=O)C(CC(C)C)NC(=O)c1ccc(CSc2nc3ccccc3[nH]2)cc1. The number of carbonyl (C=O) groups is 2. The van der Waals surface area contributed by atoms with E-state index in [9.17, 15) is 9.59 Å². The number of hydrogen-bond acceptors (Lipinski definition) is 5. The summed E-state index contributed by atoms with van der Waals surface area (Å²) in [5.74, 6) is 0.292. The lowest BCUT2D eigenvalue weighted by molar-refractivity contribution is -0.143. The summed E-state index contributed by atoms with van der Waals surface area (Å²) in [5, 5.41) is 3.64. The van der Waals surface area contributed by atoms with E-state index in [0.29, 0.717) is 12.0 Å². The van der Waals surface area contributed by atoms with Crippen molar-refractivity contribution < 1.29 is 14.3 Å². The average molecular weight is 412 g/mol. The Bertz CT molecular complexity index is 949. The Hall–Kier alpha value is -2.80. The number of carbonyl (C=O) groups excluding carboxylic acids is 2. The van der Waals surface area contributed by atoms with Gasteiger partial charge in [0, 0.05) is 11.3 Å². The predicted octanol–water partition coefficient (Wildman–Crippen LogP) is 4.17. The molecule has 0 aliphatic rings. The Morgan fingerprint density at radius 1 is 1.14 bits per heavy atom. The summed E-state index contributed by atoms with van der Waals surface area (Å²) in [6, 6.07) is 14.7. The maximum absolute atomic E-state index is 12.5. The molecule has 0 saturated carbocycles. The predicted molar refractivity (Wildman–Crippen MR) is 115 cm³/mol. The molecule has 0 bridgehead atoms. The highest BCUT2D eigenvalue weighted by Gasteiger charge is 2.23. The minimum absolute atomic E-state index is 0.261. The number of thioether (sulfide) groups is 1. The molecule has 7 heteroatoms. The third-order valence-electron chi connectivity index (χ3n) is 4.46. The van der Waals surface area contributed by atoms with E-state index in [1.165, 1.54) is 7.11 Å². The molecule has 3 rings (SSSR count). The molecule has 152 valence electrons. The van der Waals surface area contributed by atoms with Gasteiger partial charge in [-0.1, -0.05) is 49.9 Å². The fourth-order valence-electron chi connectivity index (χ4n) is 2.97. The number of ether oxygens (including phenoxy) is 1. The molecular weight excluding hydrogens is 386 g/mol. The zero-order valence-electron chi connectivity index (χ0n) is 16.8. The number of benzene rings is 2. The van der Waals surface area contributed by atoms with Crippen molar-refractivity contribution in [3.63, 3.8) is 0 Å². The highest BCUT2D eigenvalue weighted by Crippen LogP contribution is 2.23. The number of esters is 1. The van der Waals surface area contributed by atoms with Crippen LogP contribution >= 0.6 is 11.8 Å². The lowest BCUT2D eigenvalue weighted by Crippen LogP contribution is -2.42. The van der Waals surface area contributed by atoms with E-state index in [4.69, 9.17) is 4.74 Å². The molecule has 3 aromatic rings. The number of fused-ring (bicyclic) bond motifs is 1. The molecule has 0 aliphatic carbocycles. The zero-order chi connectivity index (χ0) is 20.8. The average Bonchev–Trinajstić information content (AvgIpc) is 3.14. The zero-order valence-corrected chi connectivity index (χ0v) is 17.6. The van der Waals surface area contributed by atoms with Crippen molar-refractivity contribution in [2.45, 2.75) is 37.2 Å². The number of nitrogens with zero attached hydrogens (tertiary/aromatic N) is 1. The first-order chi connectivity index (χ1) is 14.0. The van der Waals surface area contributed by atoms with E-state index in [1.807, 2.05) is 50.2 Å². The number of nitrogens with one attached hydrogen (secondary N) is 2. The van der Waals surface area contributed by atoms with Gasteiger partial charge in [-0.25, -0.2) is 9.78 Å². The molecule has 0 radical (unpaired) electrons. The number of hydrogen-bond donors (Lipinski definition) is 2. The third-order valence-corrected chi connectivity index (χ3v) is 5.40. The summed E-state index contributed by atoms with van der Waals surface area (Å²) >= 11 is 1.61. The van der Waals surface area contributed by atoms with Gasteiger partial charge >= 0.3 is 5.97 Å². The smallest absolute Gasteiger partial charge is 0.328 e. The van der Waals surface area contributed by atoms with Crippen LogP contribution in [0, 0.1) is 5.92 Å². The third kappa shape index (κ3) is 5.60. The van der Waals surface area contributed by atoms with Crippen LogP contribution in [0.2, 0.25) is 0 Å². The fraction of sp³-hybridized carbons (Fsp3) is 0.318. The first kappa shape index (κ1) is 20.9. The molecule has 1 atom stereocenters. The van der Waals surface area contributed by atoms with Gasteiger partial charge in [0.05, 0.1) is 18.1 Å². The second kappa shape index (κ2) is 9.60. The number of imidazole rings is 1. The van der Waals surface area contributed by atoms with Gasteiger partial charge in [0.1, 0.15) is 6.04 Å². The van der Waals surface area contributed by atoms with Gasteiger partial charge in [-0.3, -0.25) is 4.79 Å². The van der Waals surface area contributed by atoms with Crippen molar-refractivity contribution in [1.82, 2.24) is 15.3 Å². The molecule has 2 N–H and O–H groups in total. The normalized spacial score (nSPS) is 12.1. The quantitative estimate of drug-likeness (QED) is 0.429. The number of amides is 1. The monoisotopic (exact) mass is 411 g/mol. The maximum atomic E-state index is 12.5. The van der Waals surface area contributed by atoms with Gasteiger partial charge in [0.2, 0.25) is 0 Å². The van der Waals surface area contributed by atoms with Crippen LogP contribution in [-0.2, 0) is 15.3 Å². The highest BCUT2D eigenvalue weighted by atomic mass is 32.2. The van der Waals surface area contributed by atoms with Gasteiger partial charge in [-0.2, -0.15) is 0 Å². The molecule has 0 saturated heterocycles. The molecule has 1 aromatic heterocycles. The van der Waals surface area contributed by atoms with Gasteiger partial charge < -0.3 is 15.0 Å². The summed E-state index contributed by atoms with van der Waals surface area (Å²) in [5.41, 5.74) is 3.56. The van der Waals surface area contributed by atoms with Crippen LogP contribution in [0.15, 0.2) is 53.7 Å². The van der Waals surface area contributed by atoms with Crippen molar-refractivity contribution in [1.29, 1.82) is 0 Å². The summed E-state index contributed by atoms with van der Waals surface area (Å²) in [4.78, 5) is 32.3. The number of rotatable bonds is 8.